The molecule has 1 aliphatic rings. The van der Waals surface area contributed by atoms with Crippen LogP contribution in [-0.4, -0.2) is 11.9 Å². The molecule has 0 aromatic heterocycles. The Kier molecular flexibility index (Phi) is 3.71. The van der Waals surface area contributed by atoms with Crippen LogP contribution in [0.3, 0.4) is 0 Å². The number of primary amides is 1. The van der Waals surface area contributed by atoms with Crippen molar-refractivity contribution in [2.24, 2.45) is 11.1 Å². The highest BCUT2D eigenvalue weighted by molar-refractivity contribution is 5.92. The number of nitrogens with one attached hydrogen (secondary N) is 1. The minimum absolute atomic E-state index is 0.369. The molecular formula is C15H22N2O. The first-order valence-corrected chi connectivity index (χ1v) is 6.61. The number of amides is 1. The van der Waals surface area contributed by atoms with Crippen LogP contribution in [0.2, 0.25) is 0 Å². The third-order valence-corrected chi connectivity index (χ3v) is 4.05. The summed E-state index contributed by atoms with van der Waals surface area (Å²) in [5.41, 5.74) is 7.38. The van der Waals surface area contributed by atoms with E-state index in [0.717, 1.165) is 6.54 Å². The number of benzene rings is 1. The first-order chi connectivity index (χ1) is 8.49. The zero-order valence-corrected chi connectivity index (χ0v) is 11.2. The molecular weight excluding hydrogens is 224 g/mol. The summed E-state index contributed by atoms with van der Waals surface area (Å²) in [6.45, 7) is 5.51. The van der Waals surface area contributed by atoms with Gasteiger partial charge in [-0.3, -0.25) is 4.79 Å². The highest BCUT2D eigenvalue weighted by Crippen LogP contribution is 2.37. The number of carbonyl (C=O) groups is 1. The maximum absolute atomic E-state index is 11.0. The summed E-state index contributed by atoms with van der Waals surface area (Å²) < 4.78 is 0. The Labute approximate surface area is 109 Å². The van der Waals surface area contributed by atoms with Crippen molar-refractivity contribution in [2.75, 3.05) is 0 Å². The Balaban J connectivity index is 1.92. The van der Waals surface area contributed by atoms with Crippen LogP contribution in [0.15, 0.2) is 24.3 Å². The molecule has 3 heteroatoms. The average molecular weight is 246 g/mol. The first kappa shape index (κ1) is 13.1. The van der Waals surface area contributed by atoms with Crippen LogP contribution < -0.4 is 11.1 Å². The number of hydrogen-bond donors (Lipinski definition) is 2. The molecule has 0 unspecified atom stereocenters. The number of hydrogen-bond acceptors (Lipinski definition) is 2. The maximum Gasteiger partial charge on any atom is 0.248 e. The van der Waals surface area contributed by atoms with E-state index in [1.807, 2.05) is 12.1 Å². The molecule has 0 heterocycles. The van der Waals surface area contributed by atoms with Crippen LogP contribution in [0, 0.1) is 5.41 Å². The standard InChI is InChI=1S/C15H22N2O/c1-15(2)9-3-4-13(15)17-10-11-5-7-12(8-6-11)14(16)18/h5-8,13,17H,3-4,9-10H2,1-2H3,(H2,16,18)/t13-/m0/s1. The molecule has 0 radical (unpaired) electrons. The molecule has 2 rings (SSSR count). The lowest BCUT2D eigenvalue weighted by atomic mass is 9.87. The topological polar surface area (TPSA) is 55.1 Å². The molecule has 0 saturated heterocycles. The molecule has 0 bridgehead atoms. The molecule has 1 saturated carbocycles. The predicted molar refractivity (Wildman–Crippen MR) is 73.2 cm³/mol. The van der Waals surface area contributed by atoms with Gasteiger partial charge in [-0.1, -0.05) is 32.4 Å². The Morgan fingerprint density at radius 3 is 2.56 bits per heavy atom. The smallest absolute Gasteiger partial charge is 0.248 e. The summed E-state index contributed by atoms with van der Waals surface area (Å²) in [6.07, 6.45) is 3.86. The van der Waals surface area contributed by atoms with Gasteiger partial charge in [0.2, 0.25) is 5.91 Å². The first-order valence-electron chi connectivity index (χ1n) is 6.61. The van der Waals surface area contributed by atoms with E-state index in [2.05, 4.69) is 19.2 Å². The molecule has 1 amide bonds. The second-order valence-corrected chi connectivity index (χ2v) is 5.88. The summed E-state index contributed by atoms with van der Waals surface area (Å²) in [4.78, 5) is 11.0. The second kappa shape index (κ2) is 5.11. The SMILES string of the molecule is CC1(C)CCC[C@@H]1NCc1ccc(C(N)=O)cc1. The maximum atomic E-state index is 11.0. The van der Waals surface area contributed by atoms with Crippen molar-refractivity contribution < 1.29 is 4.79 Å². The van der Waals surface area contributed by atoms with Crippen molar-refractivity contribution in [3.8, 4) is 0 Å². The van der Waals surface area contributed by atoms with Crippen molar-refractivity contribution in [3.63, 3.8) is 0 Å². The highest BCUT2D eigenvalue weighted by Gasteiger charge is 2.33. The molecule has 18 heavy (non-hydrogen) atoms. The lowest BCUT2D eigenvalue weighted by Gasteiger charge is -2.28. The Morgan fingerprint density at radius 1 is 1.39 bits per heavy atom. The summed E-state index contributed by atoms with van der Waals surface area (Å²) in [5.74, 6) is -0.369. The summed E-state index contributed by atoms with van der Waals surface area (Å²) in [7, 11) is 0. The van der Waals surface area contributed by atoms with E-state index < -0.39 is 0 Å². The van der Waals surface area contributed by atoms with Gasteiger partial charge in [0.05, 0.1) is 0 Å². The number of nitrogens with two attached hydrogens (primary N) is 1. The number of rotatable bonds is 4. The van der Waals surface area contributed by atoms with E-state index in [0.29, 0.717) is 17.0 Å². The molecule has 1 aromatic rings. The van der Waals surface area contributed by atoms with E-state index >= 15 is 0 Å². The van der Waals surface area contributed by atoms with Gasteiger partial charge in [0, 0.05) is 18.2 Å². The molecule has 3 nitrogen and oxygen atoms in total. The van der Waals surface area contributed by atoms with Gasteiger partial charge in [0.15, 0.2) is 0 Å². The zero-order chi connectivity index (χ0) is 13.2. The lowest BCUT2D eigenvalue weighted by Crippen LogP contribution is -2.37. The van der Waals surface area contributed by atoms with Gasteiger partial charge in [0.25, 0.3) is 0 Å². The van der Waals surface area contributed by atoms with Crippen LogP contribution in [0.4, 0.5) is 0 Å². The molecule has 3 N–H and O–H groups in total. The minimum atomic E-state index is -0.369. The molecule has 1 aromatic carbocycles. The third-order valence-electron chi connectivity index (χ3n) is 4.05. The van der Waals surface area contributed by atoms with Crippen LogP contribution in [0.5, 0.6) is 0 Å². The summed E-state index contributed by atoms with van der Waals surface area (Å²) in [6, 6.07) is 8.11. The lowest BCUT2D eigenvalue weighted by molar-refractivity contribution is 0.100. The van der Waals surface area contributed by atoms with Crippen molar-refractivity contribution in [1.29, 1.82) is 0 Å². The van der Waals surface area contributed by atoms with Crippen LogP contribution in [-0.2, 0) is 6.54 Å². The van der Waals surface area contributed by atoms with Crippen LogP contribution in [0.25, 0.3) is 0 Å². The Morgan fingerprint density at radius 2 is 2.06 bits per heavy atom. The molecule has 1 atom stereocenters. The Hall–Kier alpha value is -1.35. The van der Waals surface area contributed by atoms with Crippen LogP contribution >= 0.6 is 0 Å². The quantitative estimate of drug-likeness (QED) is 0.857. The van der Waals surface area contributed by atoms with Gasteiger partial charge in [-0.05, 0) is 36.0 Å². The fraction of sp³-hybridized carbons (Fsp3) is 0.533. The van der Waals surface area contributed by atoms with Crippen molar-refractivity contribution in [2.45, 2.75) is 45.7 Å². The van der Waals surface area contributed by atoms with Gasteiger partial charge in [-0.2, -0.15) is 0 Å². The fourth-order valence-electron chi connectivity index (χ4n) is 2.73. The molecule has 1 fully saturated rings. The second-order valence-electron chi connectivity index (χ2n) is 5.88. The molecule has 0 aliphatic heterocycles. The predicted octanol–water partition coefficient (Wildman–Crippen LogP) is 2.45. The highest BCUT2D eigenvalue weighted by atomic mass is 16.1. The average Bonchev–Trinajstić information content (AvgIpc) is 2.66. The number of carbonyl (C=O) groups excluding carboxylic acids is 1. The van der Waals surface area contributed by atoms with Gasteiger partial charge in [0.1, 0.15) is 0 Å². The van der Waals surface area contributed by atoms with Crippen molar-refractivity contribution in [3.05, 3.63) is 35.4 Å². The normalized spacial score (nSPS) is 22.0. The molecule has 1 aliphatic carbocycles. The van der Waals surface area contributed by atoms with Crippen LogP contribution in [0.1, 0.15) is 49.0 Å². The molecule has 0 spiro atoms. The van der Waals surface area contributed by atoms with Gasteiger partial charge >= 0.3 is 0 Å². The van der Waals surface area contributed by atoms with E-state index in [9.17, 15) is 4.79 Å². The van der Waals surface area contributed by atoms with E-state index in [1.54, 1.807) is 12.1 Å². The summed E-state index contributed by atoms with van der Waals surface area (Å²) >= 11 is 0. The van der Waals surface area contributed by atoms with E-state index in [-0.39, 0.29) is 5.91 Å². The van der Waals surface area contributed by atoms with Crippen molar-refractivity contribution >= 4 is 5.91 Å². The van der Waals surface area contributed by atoms with Gasteiger partial charge < -0.3 is 11.1 Å². The van der Waals surface area contributed by atoms with Gasteiger partial charge in [-0.15, -0.1) is 0 Å². The molecule has 98 valence electrons. The van der Waals surface area contributed by atoms with E-state index in [4.69, 9.17) is 5.73 Å². The zero-order valence-electron chi connectivity index (χ0n) is 11.2. The van der Waals surface area contributed by atoms with Crippen molar-refractivity contribution in [1.82, 2.24) is 5.32 Å². The Bertz CT molecular complexity index is 423. The fourth-order valence-corrected chi connectivity index (χ4v) is 2.73. The van der Waals surface area contributed by atoms with E-state index in [1.165, 1.54) is 24.8 Å². The third kappa shape index (κ3) is 2.91. The monoisotopic (exact) mass is 246 g/mol. The summed E-state index contributed by atoms with van der Waals surface area (Å²) in [5, 5.41) is 3.62. The largest absolute Gasteiger partial charge is 0.366 e. The van der Waals surface area contributed by atoms with Gasteiger partial charge in [-0.25, -0.2) is 0 Å². The minimum Gasteiger partial charge on any atom is -0.366 e.